The van der Waals surface area contributed by atoms with Crippen molar-refractivity contribution in [3.8, 4) is 0 Å². The lowest BCUT2D eigenvalue weighted by molar-refractivity contribution is -0.341. The van der Waals surface area contributed by atoms with Crippen molar-refractivity contribution in [2.75, 3.05) is 6.61 Å². The van der Waals surface area contributed by atoms with E-state index in [4.69, 9.17) is 4.74 Å². The molecule has 1 aliphatic carbocycles. The lowest BCUT2D eigenvalue weighted by atomic mass is 9.58. The minimum absolute atomic E-state index is 0.198. The summed E-state index contributed by atoms with van der Waals surface area (Å²) >= 11 is 0. The number of rotatable bonds is 6. The number of ether oxygens (including phenoxy) is 1. The van der Waals surface area contributed by atoms with Crippen molar-refractivity contribution in [3.05, 3.63) is 12.7 Å². The monoisotopic (exact) mass is 266 g/mol. The molecule has 0 bridgehead atoms. The second-order valence-corrected chi connectivity index (χ2v) is 5.45. The average Bonchev–Trinajstić information content (AvgIpc) is 3.19. The fraction of sp³-hybridized carbons (Fsp3) is 0.714. The Hall–Kier alpha value is -1.36. The Kier molecular flexibility index (Phi) is 3.94. The molecule has 1 saturated heterocycles. The van der Waals surface area contributed by atoms with Crippen molar-refractivity contribution in [3.63, 3.8) is 0 Å². The largest absolute Gasteiger partial charge is 0.550 e. The van der Waals surface area contributed by atoms with E-state index in [2.05, 4.69) is 6.58 Å². The highest BCUT2D eigenvalue weighted by Crippen LogP contribution is 2.51. The Morgan fingerprint density at radius 2 is 2.11 bits per heavy atom. The Morgan fingerprint density at radius 3 is 2.58 bits per heavy atom. The molecule has 0 radical (unpaired) electrons. The number of hydrogen-bond donors (Lipinski definition) is 0. The summed E-state index contributed by atoms with van der Waals surface area (Å²) in [6.07, 6.45) is 3.89. The van der Waals surface area contributed by atoms with Gasteiger partial charge in [-0.1, -0.05) is 18.9 Å². The molecule has 1 saturated carbocycles. The van der Waals surface area contributed by atoms with E-state index in [9.17, 15) is 19.8 Å². The Morgan fingerprint density at radius 1 is 1.42 bits per heavy atom. The van der Waals surface area contributed by atoms with Crippen LogP contribution < -0.4 is 10.2 Å². The molecule has 0 N–H and O–H groups in total. The van der Waals surface area contributed by atoms with Crippen LogP contribution in [0.15, 0.2) is 12.7 Å². The second-order valence-electron chi connectivity index (χ2n) is 5.45. The Labute approximate surface area is 112 Å². The third-order valence-electron chi connectivity index (χ3n) is 4.51. The van der Waals surface area contributed by atoms with E-state index in [0.717, 1.165) is 0 Å². The average molecular weight is 266 g/mol. The lowest BCUT2D eigenvalue weighted by Gasteiger charge is -2.50. The summed E-state index contributed by atoms with van der Waals surface area (Å²) in [6, 6.07) is 0. The molecule has 2 rings (SSSR count). The van der Waals surface area contributed by atoms with Gasteiger partial charge in [-0.05, 0) is 19.3 Å². The molecule has 2 aliphatic rings. The zero-order valence-electron chi connectivity index (χ0n) is 10.8. The zero-order chi connectivity index (χ0) is 14.0. The molecule has 5 nitrogen and oxygen atoms in total. The Balaban J connectivity index is 2.40. The number of allylic oxidation sites excluding steroid dienone is 1. The summed E-state index contributed by atoms with van der Waals surface area (Å²) in [5.74, 6) is -3.97. The molecule has 106 valence electrons. The van der Waals surface area contributed by atoms with Crippen molar-refractivity contribution in [1.82, 2.24) is 0 Å². The smallest absolute Gasteiger partial charge is 0.0850 e. The summed E-state index contributed by atoms with van der Waals surface area (Å²) in [4.78, 5) is 23.1. The van der Waals surface area contributed by atoms with Crippen molar-refractivity contribution < 1.29 is 24.5 Å². The van der Waals surface area contributed by atoms with Crippen LogP contribution in [0, 0.1) is 17.3 Å². The molecular weight excluding hydrogens is 248 g/mol. The van der Waals surface area contributed by atoms with E-state index >= 15 is 0 Å². The molecule has 0 aromatic rings. The number of epoxide rings is 1. The molecule has 0 spiro atoms. The van der Waals surface area contributed by atoms with Crippen LogP contribution in [0.3, 0.4) is 0 Å². The van der Waals surface area contributed by atoms with Crippen molar-refractivity contribution >= 4 is 11.9 Å². The van der Waals surface area contributed by atoms with Gasteiger partial charge in [-0.15, -0.1) is 6.58 Å². The highest BCUT2D eigenvalue weighted by atomic mass is 16.6. The molecule has 1 heterocycles. The van der Waals surface area contributed by atoms with Crippen molar-refractivity contribution in [2.45, 2.75) is 38.2 Å². The van der Waals surface area contributed by atoms with Gasteiger partial charge < -0.3 is 24.5 Å². The summed E-state index contributed by atoms with van der Waals surface area (Å²) in [7, 11) is 0. The van der Waals surface area contributed by atoms with Gasteiger partial charge in [-0.25, -0.2) is 0 Å². The molecule has 4 atom stereocenters. The molecule has 0 aromatic carbocycles. The first kappa shape index (κ1) is 14.1. The van der Waals surface area contributed by atoms with Crippen LogP contribution in [-0.2, 0) is 14.3 Å². The number of aliphatic carboxylic acids is 2. The molecule has 5 heteroatoms. The Bertz CT molecular complexity index is 387. The van der Waals surface area contributed by atoms with Gasteiger partial charge in [0.1, 0.15) is 0 Å². The first-order valence-electron chi connectivity index (χ1n) is 6.69. The maximum Gasteiger partial charge on any atom is 0.0850 e. The first-order valence-corrected chi connectivity index (χ1v) is 6.69. The van der Waals surface area contributed by atoms with E-state index in [1.165, 1.54) is 0 Å². The second kappa shape index (κ2) is 5.33. The minimum atomic E-state index is -1.38. The summed E-state index contributed by atoms with van der Waals surface area (Å²) in [5.41, 5.74) is -1.38. The standard InChI is InChI=1S/C14H20O5/c1-2-5-9(11-8-19-11)14(13(17)18)7-4-3-6-10(14)12(15)16/h2,9-11H,1,3-8H2,(H,15,16)(H,17,18)/p-2. The van der Waals surface area contributed by atoms with Gasteiger partial charge in [0, 0.05) is 29.2 Å². The van der Waals surface area contributed by atoms with Crippen LogP contribution in [0.25, 0.3) is 0 Å². The molecule has 0 aromatic heterocycles. The highest BCUT2D eigenvalue weighted by Gasteiger charge is 2.53. The van der Waals surface area contributed by atoms with Crippen LogP contribution in [0.1, 0.15) is 32.1 Å². The third-order valence-corrected chi connectivity index (χ3v) is 4.51. The van der Waals surface area contributed by atoms with Crippen LogP contribution in [-0.4, -0.2) is 24.6 Å². The third kappa shape index (κ3) is 2.39. The van der Waals surface area contributed by atoms with E-state index in [1.807, 2.05) is 0 Å². The summed E-state index contributed by atoms with van der Waals surface area (Å²) in [5, 5.41) is 23.1. The number of carbonyl (C=O) groups excluding carboxylic acids is 2. The van der Waals surface area contributed by atoms with Crippen molar-refractivity contribution in [2.24, 2.45) is 17.3 Å². The normalized spacial score (nSPS) is 35.4. The molecular formula is C14H18O5-2. The highest BCUT2D eigenvalue weighted by molar-refractivity contribution is 5.82. The maximum absolute atomic E-state index is 11.7. The van der Waals surface area contributed by atoms with Crippen LogP contribution in [0.4, 0.5) is 0 Å². The predicted molar refractivity (Wildman–Crippen MR) is 62.4 cm³/mol. The van der Waals surface area contributed by atoms with Gasteiger partial charge in [-0.3, -0.25) is 0 Å². The fourth-order valence-electron chi connectivity index (χ4n) is 3.53. The van der Waals surface area contributed by atoms with Crippen LogP contribution in [0.5, 0.6) is 0 Å². The van der Waals surface area contributed by atoms with Crippen LogP contribution >= 0.6 is 0 Å². The maximum atomic E-state index is 11.7. The zero-order valence-corrected chi connectivity index (χ0v) is 10.8. The SMILES string of the molecule is C=CCC(C1CO1)C1(C(=O)[O-])CCCCC1C(=O)[O-]. The number of carboxylic acid groups (broad SMARTS) is 2. The van der Waals surface area contributed by atoms with Gasteiger partial charge in [0.25, 0.3) is 0 Å². The quantitative estimate of drug-likeness (QED) is 0.466. The molecule has 2 fully saturated rings. The first-order chi connectivity index (χ1) is 9.04. The number of carboxylic acids is 2. The predicted octanol–water partition coefficient (Wildman–Crippen LogP) is -0.746. The van der Waals surface area contributed by atoms with Gasteiger partial charge in [0.05, 0.1) is 12.7 Å². The van der Waals surface area contributed by atoms with E-state index in [-0.39, 0.29) is 6.10 Å². The van der Waals surface area contributed by atoms with Gasteiger partial charge in [0.15, 0.2) is 0 Å². The lowest BCUT2D eigenvalue weighted by Crippen LogP contribution is -2.58. The molecule has 4 unspecified atom stereocenters. The molecule has 19 heavy (non-hydrogen) atoms. The van der Waals surface area contributed by atoms with Gasteiger partial charge in [0.2, 0.25) is 0 Å². The summed E-state index contributed by atoms with van der Waals surface area (Å²) in [6.45, 7) is 4.11. The summed E-state index contributed by atoms with van der Waals surface area (Å²) < 4.78 is 5.23. The van der Waals surface area contributed by atoms with E-state index in [0.29, 0.717) is 38.7 Å². The minimum Gasteiger partial charge on any atom is -0.550 e. The van der Waals surface area contributed by atoms with Crippen LogP contribution in [0.2, 0.25) is 0 Å². The van der Waals surface area contributed by atoms with E-state index in [1.54, 1.807) is 6.08 Å². The molecule has 0 amide bonds. The van der Waals surface area contributed by atoms with Crippen molar-refractivity contribution in [1.29, 1.82) is 0 Å². The van der Waals surface area contributed by atoms with Gasteiger partial charge in [-0.2, -0.15) is 0 Å². The number of hydrogen-bond acceptors (Lipinski definition) is 5. The molecule has 1 aliphatic heterocycles. The topological polar surface area (TPSA) is 92.8 Å². The van der Waals surface area contributed by atoms with Gasteiger partial charge >= 0.3 is 0 Å². The number of carbonyl (C=O) groups is 2. The fourth-order valence-corrected chi connectivity index (χ4v) is 3.53. The van der Waals surface area contributed by atoms with E-state index < -0.39 is 29.2 Å².